The molecule has 3 heterocycles. The monoisotopic (exact) mass is 426 g/mol. The minimum Gasteiger partial charge on any atom is -0.378 e. The van der Waals surface area contributed by atoms with Crippen molar-refractivity contribution in [2.45, 2.75) is 4.90 Å². The van der Waals surface area contributed by atoms with E-state index in [4.69, 9.17) is 5.73 Å². The van der Waals surface area contributed by atoms with Crippen molar-refractivity contribution in [2.75, 3.05) is 12.0 Å². The second-order valence-electron chi connectivity index (χ2n) is 5.62. The molecule has 10 nitrogen and oxygen atoms in total. The molecule has 3 N–H and O–H groups in total. The van der Waals surface area contributed by atoms with Gasteiger partial charge in [0.15, 0.2) is 5.69 Å². The average Bonchev–Trinajstić information content (AvgIpc) is 3.48. The van der Waals surface area contributed by atoms with Crippen LogP contribution in [0.4, 0.5) is 5.82 Å². The molecule has 0 aliphatic rings. The van der Waals surface area contributed by atoms with Crippen molar-refractivity contribution in [3.63, 3.8) is 0 Å². The summed E-state index contributed by atoms with van der Waals surface area (Å²) in [5.41, 5.74) is 9.59. The number of hydrazone groups is 1. The summed E-state index contributed by atoms with van der Waals surface area (Å²) in [5, 5.41) is 21.1. The minimum atomic E-state index is -0.522. The molecule has 12 heteroatoms. The maximum Gasteiger partial charge on any atom is 0.294 e. The molecule has 1 amide bonds. The van der Waals surface area contributed by atoms with Gasteiger partial charge in [-0.1, -0.05) is 23.4 Å². The molecule has 0 atom stereocenters. The topological polar surface area (TPSA) is 137 Å². The van der Waals surface area contributed by atoms with Crippen LogP contribution in [0.25, 0.3) is 16.4 Å². The molecule has 0 aliphatic carbocycles. The number of hydrogen-bond acceptors (Lipinski definition) is 10. The number of nitrogen functional groups attached to an aromatic ring is 1. The third-order valence-electron chi connectivity index (χ3n) is 3.83. The summed E-state index contributed by atoms with van der Waals surface area (Å²) in [7, 11) is 0. The Morgan fingerprint density at radius 1 is 1.31 bits per heavy atom. The number of carbonyl (C=O) groups is 1. The zero-order chi connectivity index (χ0) is 20.2. The molecule has 0 spiro atoms. The van der Waals surface area contributed by atoms with E-state index in [1.807, 2.05) is 48.0 Å². The molecular formula is C17H14N8O2S2. The predicted octanol–water partition coefficient (Wildman–Crippen LogP) is 2.45. The lowest BCUT2D eigenvalue weighted by Gasteiger charge is -2.03. The average molecular weight is 426 g/mol. The number of nitrogens with one attached hydrogen (secondary N) is 1. The van der Waals surface area contributed by atoms with E-state index in [-0.39, 0.29) is 17.3 Å². The largest absolute Gasteiger partial charge is 0.378 e. The first kappa shape index (κ1) is 18.8. The molecule has 4 aromatic rings. The van der Waals surface area contributed by atoms with Crippen LogP contribution in [0.15, 0.2) is 56.4 Å². The Morgan fingerprint density at radius 2 is 2.14 bits per heavy atom. The fourth-order valence-corrected chi connectivity index (χ4v) is 3.63. The Morgan fingerprint density at radius 3 is 2.79 bits per heavy atom. The Hall–Kier alpha value is -3.51. The lowest BCUT2D eigenvalue weighted by atomic mass is 10.2. The Kier molecular flexibility index (Phi) is 5.35. The van der Waals surface area contributed by atoms with E-state index in [0.29, 0.717) is 5.69 Å². The molecule has 0 bridgehead atoms. The van der Waals surface area contributed by atoms with Crippen molar-refractivity contribution in [2.24, 2.45) is 5.10 Å². The van der Waals surface area contributed by atoms with Crippen LogP contribution in [0.1, 0.15) is 16.1 Å². The minimum absolute atomic E-state index is 0.0337. The fourth-order valence-electron chi connectivity index (χ4n) is 2.46. The number of nitrogens with zero attached hydrogens (tertiary/aromatic N) is 6. The molecular weight excluding hydrogens is 412 g/mol. The maximum absolute atomic E-state index is 12.7. The zero-order valence-corrected chi connectivity index (χ0v) is 16.6. The summed E-state index contributed by atoms with van der Waals surface area (Å²) in [6.45, 7) is 0. The smallest absolute Gasteiger partial charge is 0.294 e. The van der Waals surface area contributed by atoms with Crippen LogP contribution in [0, 0.1) is 0 Å². The molecule has 0 fully saturated rings. The van der Waals surface area contributed by atoms with Gasteiger partial charge in [-0.15, -0.1) is 28.2 Å². The number of rotatable bonds is 6. The molecule has 29 heavy (non-hydrogen) atoms. The molecule has 3 aromatic heterocycles. The Balaban J connectivity index is 1.60. The van der Waals surface area contributed by atoms with E-state index >= 15 is 0 Å². The zero-order valence-electron chi connectivity index (χ0n) is 15.0. The number of thioether (sulfide) groups is 1. The van der Waals surface area contributed by atoms with Crippen molar-refractivity contribution < 1.29 is 9.42 Å². The summed E-state index contributed by atoms with van der Waals surface area (Å²) >= 11 is 3.06. The van der Waals surface area contributed by atoms with Gasteiger partial charge in [-0.3, -0.25) is 4.79 Å². The lowest BCUT2D eigenvalue weighted by molar-refractivity contribution is 0.0951. The highest BCUT2D eigenvalue weighted by Crippen LogP contribution is 2.29. The summed E-state index contributed by atoms with van der Waals surface area (Å²) in [4.78, 5) is 14.6. The highest BCUT2D eigenvalue weighted by atomic mass is 32.2. The molecule has 0 saturated carbocycles. The van der Waals surface area contributed by atoms with Gasteiger partial charge in [0.05, 0.1) is 11.1 Å². The SMILES string of the molecule is CSc1ccc(C=NNC(=O)c2nnn(-c3nonc3N)c2-c2cccs2)cc1. The van der Waals surface area contributed by atoms with Gasteiger partial charge in [0.2, 0.25) is 11.6 Å². The molecule has 4 rings (SSSR count). The van der Waals surface area contributed by atoms with Gasteiger partial charge < -0.3 is 5.73 Å². The molecule has 0 aliphatic heterocycles. The number of aromatic nitrogens is 5. The third-order valence-corrected chi connectivity index (χ3v) is 5.45. The van der Waals surface area contributed by atoms with Crippen molar-refractivity contribution in [3.05, 3.63) is 53.0 Å². The van der Waals surface area contributed by atoms with Gasteiger partial charge in [-0.05, 0) is 45.7 Å². The van der Waals surface area contributed by atoms with Crippen molar-refractivity contribution in [1.82, 2.24) is 30.7 Å². The predicted molar refractivity (Wildman–Crippen MR) is 110 cm³/mol. The first-order chi connectivity index (χ1) is 14.2. The number of hydrogen-bond donors (Lipinski definition) is 2. The lowest BCUT2D eigenvalue weighted by Crippen LogP contribution is -2.19. The third kappa shape index (κ3) is 3.88. The van der Waals surface area contributed by atoms with Crippen LogP contribution >= 0.6 is 23.1 Å². The van der Waals surface area contributed by atoms with Crippen molar-refractivity contribution >= 4 is 41.0 Å². The number of carbonyl (C=O) groups excluding carboxylic acids is 1. The second kappa shape index (κ2) is 8.24. The molecule has 0 saturated heterocycles. The summed E-state index contributed by atoms with van der Waals surface area (Å²) < 4.78 is 5.95. The van der Waals surface area contributed by atoms with E-state index in [2.05, 4.69) is 35.8 Å². The highest BCUT2D eigenvalue weighted by molar-refractivity contribution is 7.98. The standard InChI is InChI=1S/C17H14N8O2S2/c1-28-11-6-4-10(5-7-11)9-19-21-17(26)13-14(12-3-2-8-29-12)25(24-20-13)16-15(18)22-27-23-16/h2-9H,1H3,(H2,18,22)(H,21,26). The summed E-state index contributed by atoms with van der Waals surface area (Å²) in [5.74, 6) is -0.338. The maximum atomic E-state index is 12.7. The number of nitrogens with two attached hydrogens (primary N) is 1. The number of anilines is 1. The first-order valence-corrected chi connectivity index (χ1v) is 10.3. The molecule has 0 radical (unpaired) electrons. The second-order valence-corrected chi connectivity index (χ2v) is 7.45. The van der Waals surface area contributed by atoms with Crippen molar-refractivity contribution in [3.8, 4) is 16.4 Å². The van der Waals surface area contributed by atoms with Crippen LogP contribution in [0.5, 0.6) is 0 Å². The fraction of sp³-hybridized carbons (Fsp3) is 0.0588. The summed E-state index contributed by atoms with van der Waals surface area (Å²) in [6.07, 6.45) is 3.56. The van der Waals surface area contributed by atoms with Crippen molar-refractivity contribution in [1.29, 1.82) is 0 Å². The summed E-state index contributed by atoms with van der Waals surface area (Å²) in [6, 6.07) is 11.5. The van der Waals surface area contributed by atoms with Gasteiger partial charge >= 0.3 is 0 Å². The van der Waals surface area contributed by atoms with E-state index in [9.17, 15) is 4.79 Å². The van der Waals surface area contributed by atoms with Gasteiger partial charge in [0.1, 0.15) is 5.69 Å². The number of thiophene rings is 1. The Bertz CT molecular complexity index is 1150. The highest BCUT2D eigenvalue weighted by Gasteiger charge is 2.25. The van der Waals surface area contributed by atoms with Crippen LogP contribution in [0.2, 0.25) is 0 Å². The van der Waals surface area contributed by atoms with Crippen LogP contribution in [0.3, 0.4) is 0 Å². The van der Waals surface area contributed by atoms with Crippen LogP contribution in [-0.4, -0.2) is 43.7 Å². The number of amides is 1. The van der Waals surface area contributed by atoms with Crippen LogP contribution in [-0.2, 0) is 0 Å². The molecule has 0 unspecified atom stereocenters. The van der Waals surface area contributed by atoms with E-state index in [1.54, 1.807) is 18.0 Å². The van der Waals surface area contributed by atoms with Gasteiger partial charge in [0, 0.05) is 4.90 Å². The Labute approximate surface area is 172 Å². The van der Waals surface area contributed by atoms with Gasteiger partial charge in [-0.2, -0.15) is 9.78 Å². The molecule has 146 valence electrons. The van der Waals surface area contributed by atoms with E-state index in [1.165, 1.54) is 16.0 Å². The van der Waals surface area contributed by atoms with E-state index < -0.39 is 5.91 Å². The molecule has 1 aromatic carbocycles. The first-order valence-electron chi connectivity index (χ1n) is 8.23. The number of benzene rings is 1. The van der Waals surface area contributed by atoms with Gasteiger partial charge in [-0.25, -0.2) is 10.1 Å². The van der Waals surface area contributed by atoms with Crippen LogP contribution < -0.4 is 11.2 Å². The normalized spacial score (nSPS) is 11.2. The quantitative estimate of drug-likeness (QED) is 0.272. The van der Waals surface area contributed by atoms with E-state index in [0.717, 1.165) is 15.3 Å². The van der Waals surface area contributed by atoms with Gasteiger partial charge in [0.25, 0.3) is 5.91 Å².